The van der Waals surface area contributed by atoms with Crippen molar-refractivity contribution in [2.75, 3.05) is 51.4 Å². The average Bonchev–Trinajstić information content (AvgIpc) is 3.18. The van der Waals surface area contributed by atoms with Crippen molar-refractivity contribution in [3.05, 3.63) is 36.0 Å². The minimum atomic E-state index is 0.356. The SMILES string of the molecule is COc1cccc(N2CCN(Cc3noc(C4CCOCC4)n3)CC2)c1. The van der Waals surface area contributed by atoms with Crippen LogP contribution in [0.4, 0.5) is 5.69 Å². The summed E-state index contributed by atoms with van der Waals surface area (Å²) in [5.74, 6) is 2.83. The van der Waals surface area contributed by atoms with Gasteiger partial charge < -0.3 is 18.9 Å². The maximum Gasteiger partial charge on any atom is 0.229 e. The van der Waals surface area contributed by atoms with Crippen molar-refractivity contribution in [1.29, 1.82) is 0 Å². The van der Waals surface area contributed by atoms with Crippen LogP contribution in [-0.2, 0) is 11.3 Å². The molecule has 1 aromatic carbocycles. The summed E-state index contributed by atoms with van der Waals surface area (Å²) in [6.45, 7) is 6.26. The molecule has 0 amide bonds. The van der Waals surface area contributed by atoms with Gasteiger partial charge in [0.15, 0.2) is 5.82 Å². The van der Waals surface area contributed by atoms with Gasteiger partial charge in [0, 0.05) is 57.1 Å². The van der Waals surface area contributed by atoms with E-state index < -0.39 is 0 Å². The molecule has 7 nitrogen and oxygen atoms in total. The smallest absolute Gasteiger partial charge is 0.229 e. The molecule has 2 aliphatic heterocycles. The molecule has 0 radical (unpaired) electrons. The van der Waals surface area contributed by atoms with E-state index >= 15 is 0 Å². The summed E-state index contributed by atoms with van der Waals surface area (Å²) in [4.78, 5) is 9.40. The molecule has 7 heteroatoms. The molecule has 2 aliphatic rings. The highest BCUT2D eigenvalue weighted by Gasteiger charge is 2.24. The number of aromatic nitrogens is 2. The Morgan fingerprint density at radius 2 is 1.96 bits per heavy atom. The summed E-state index contributed by atoms with van der Waals surface area (Å²) in [6.07, 6.45) is 1.95. The largest absolute Gasteiger partial charge is 0.497 e. The van der Waals surface area contributed by atoms with Crippen LogP contribution in [0.5, 0.6) is 5.75 Å². The molecule has 2 saturated heterocycles. The third-order valence-corrected chi connectivity index (χ3v) is 5.21. The van der Waals surface area contributed by atoms with Gasteiger partial charge in [-0.15, -0.1) is 0 Å². The number of hydrogen-bond acceptors (Lipinski definition) is 7. The first kappa shape index (κ1) is 17.3. The van der Waals surface area contributed by atoms with Crippen LogP contribution in [0, 0.1) is 0 Å². The van der Waals surface area contributed by atoms with Crippen molar-refractivity contribution in [3.8, 4) is 5.75 Å². The van der Waals surface area contributed by atoms with Crippen LogP contribution in [0.1, 0.15) is 30.5 Å². The second kappa shape index (κ2) is 8.05. The van der Waals surface area contributed by atoms with Crippen molar-refractivity contribution < 1.29 is 14.0 Å². The summed E-state index contributed by atoms with van der Waals surface area (Å²) in [7, 11) is 1.70. The van der Waals surface area contributed by atoms with E-state index in [4.69, 9.17) is 14.0 Å². The molecule has 26 heavy (non-hydrogen) atoms. The Bertz CT molecular complexity index is 706. The van der Waals surface area contributed by atoms with E-state index in [2.05, 4.69) is 32.1 Å². The van der Waals surface area contributed by atoms with E-state index in [1.54, 1.807) is 7.11 Å². The molecular formula is C19H26N4O3. The first-order valence-electron chi connectivity index (χ1n) is 9.33. The summed E-state index contributed by atoms with van der Waals surface area (Å²) in [5, 5.41) is 4.19. The first-order chi connectivity index (χ1) is 12.8. The van der Waals surface area contributed by atoms with Gasteiger partial charge in [0.05, 0.1) is 13.7 Å². The number of benzene rings is 1. The van der Waals surface area contributed by atoms with E-state index in [0.29, 0.717) is 5.92 Å². The molecule has 1 aromatic heterocycles. The predicted octanol–water partition coefficient (Wildman–Crippen LogP) is 2.29. The lowest BCUT2D eigenvalue weighted by molar-refractivity contribution is 0.0778. The number of rotatable bonds is 5. The number of piperazine rings is 1. The zero-order valence-corrected chi connectivity index (χ0v) is 15.3. The standard InChI is InChI=1S/C19H26N4O3/c1-24-17-4-2-3-16(13-17)23-9-7-22(8-10-23)14-18-20-19(26-21-18)15-5-11-25-12-6-15/h2-4,13,15H,5-12,14H2,1H3. The van der Waals surface area contributed by atoms with Crippen LogP contribution in [0.25, 0.3) is 0 Å². The lowest BCUT2D eigenvalue weighted by Crippen LogP contribution is -2.46. The normalized spacial score (nSPS) is 19.7. The van der Waals surface area contributed by atoms with Crippen LogP contribution >= 0.6 is 0 Å². The number of nitrogens with zero attached hydrogens (tertiary/aromatic N) is 4. The molecular weight excluding hydrogens is 332 g/mol. The van der Waals surface area contributed by atoms with E-state index in [9.17, 15) is 0 Å². The maximum atomic E-state index is 5.49. The van der Waals surface area contributed by atoms with Gasteiger partial charge in [0.25, 0.3) is 0 Å². The second-order valence-corrected chi connectivity index (χ2v) is 6.90. The van der Waals surface area contributed by atoms with Crippen LogP contribution in [-0.4, -0.2) is 61.5 Å². The Kier molecular flexibility index (Phi) is 5.36. The van der Waals surface area contributed by atoms with Gasteiger partial charge in [-0.05, 0) is 25.0 Å². The lowest BCUT2D eigenvalue weighted by Gasteiger charge is -2.35. The van der Waals surface area contributed by atoms with Gasteiger partial charge in [-0.3, -0.25) is 4.90 Å². The van der Waals surface area contributed by atoms with Crippen molar-refractivity contribution in [2.24, 2.45) is 0 Å². The van der Waals surface area contributed by atoms with Crippen LogP contribution in [0.15, 0.2) is 28.8 Å². The molecule has 4 rings (SSSR count). The fourth-order valence-electron chi connectivity index (χ4n) is 3.61. The summed E-state index contributed by atoms with van der Waals surface area (Å²) >= 11 is 0. The Hall–Kier alpha value is -2.12. The van der Waals surface area contributed by atoms with Crippen molar-refractivity contribution >= 4 is 5.69 Å². The second-order valence-electron chi connectivity index (χ2n) is 6.90. The molecule has 0 bridgehead atoms. The van der Waals surface area contributed by atoms with Crippen molar-refractivity contribution in [3.63, 3.8) is 0 Å². The van der Waals surface area contributed by atoms with Crippen LogP contribution < -0.4 is 9.64 Å². The lowest BCUT2D eigenvalue weighted by atomic mass is 10.0. The van der Waals surface area contributed by atoms with Gasteiger partial charge in [-0.2, -0.15) is 4.98 Å². The third kappa shape index (κ3) is 3.99. The van der Waals surface area contributed by atoms with Crippen LogP contribution in [0.3, 0.4) is 0 Å². The Labute approximate surface area is 153 Å². The first-order valence-corrected chi connectivity index (χ1v) is 9.33. The molecule has 2 aromatic rings. The molecule has 0 saturated carbocycles. The summed E-state index contributed by atoms with van der Waals surface area (Å²) in [5.41, 5.74) is 1.21. The zero-order chi connectivity index (χ0) is 17.8. The molecule has 0 N–H and O–H groups in total. The molecule has 3 heterocycles. The van der Waals surface area contributed by atoms with Crippen LogP contribution in [0.2, 0.25) is 0 Å². The molecule has 0 unspecified atom stereocenters. The van der Waals surface area contributed by atoms with Gasteiger partial charge in [-0.1, -0.05) is 11.2 Å². The Morgan fingerprint density at radius 1 is 1.15 bits per heavy atom. The fourth-order valence-corrected chi connectivity index (χ4v) is 3.61. The van der Waals surface area contributed by atoms with Gasteiger partial charge in [0.2, 0.25) is 5.89 Å². The van der Waals surface area contributed by atoms with Gasteiger partial charge >= 0.3 is 0 Å². The third-order valence-electron chi connectivity index (χ3n) is 5.21. The highest BCUT2D eigenvalue weighted by atomic mass is 16.5. The Morgan fingerprint density at radius 3 is 2.73 bits per heavy atom. The molecule has 0 atom stereocenters. The minimum absolute atomic E-state index is 0.356. The van der Waals surface area contributed by atoms with E-state index in [-0.39, 0.29) is 0 Å². The zero-order valence-electron chi connectivity index (χ0n) is 15.3. The number of hydrogen-bond donors (Lipinski definition) is 0. The monoisotopic (exact) mass is 358 g/mol. The quantitative estimate of drug-likeness (QED) is 0.812. The minimum Gasteiger partial charge on any atom is -0.497 e. The molecule has 2 fully saturated rings. The van der Waals surface area contributed by atoms with Crippen molar-refractivity contribution in [2.45, 2.75) is 25.3 Å². The summed E-state index contributed by atoms with van der Waals surface area (Å²) < 4.78 is 16.2. The summed E-state index contributed by atoms with van der Waals surface area (Å²) in [6, 6.07) is 8.25. The van der Waals surface area contributed by atoms with Gasteiger partial charge in [-0.25, -0.2) is 0 Å². The number of ether oxygens (including phenoxy) is 2. The number of anilines is 1. The average molecular weight is 358 g/mol. The molecule has 0 aliphatic carbocycles. The molecule has 0 spiro atoms. The highest BCUT2D eigenvalue weighted by Crippen LogP contribution is 2.26. The maximum absolute atomic E-state index is 5.49. The molecule has 140 valence electrons. The highest BCUT2D eigenvalue weighted by molar-refractivity contribution is 5.51. The topological polar surface area (TPSA) is 63.9 Å². The fraction of sp³-hybridized carbons (Fsp3) is 0.579. The van der Waals surface area contributed by atoms with E-state index in [1.807, 2.05) is 12.1 Å². The number of methoxy groups -OCH3 is 1. The van der Waals surface area contributed by atoms with E-state index in [0.717, 1.165) is 76.2 Å². The predicted molar refractivity (Wildman–Crippen MR) is 97.6 cm³/mol. The van der Waals surface area contributed by atoms with Crippen molar-refractivity contribution in [1.82, 2.24) is 15.0 Å². The Balaban J connectivity index is 1.30. The van der Waals surface area contributed by atoms with Gasteiger partial charge in [0.1, 0.15) is 5.75 Å². The van der Waals surface area contributed by atoms with E-state index in [1.165, 1.54) is 5.69 Å².